The van der Waals surface area contributed by atoms with E-state index in [0.29, 0.717) is 0 Å². The highest BCUT2D eigenvalue weighted by Crippen LogP contribution is 2.37. The zero-order valence-electron chi connectivity index (χ0n) is 12.5. The maximum Gasteiger partial charge on any atom is 0.0126 e. The first kappa shape index (κ1) is 15.0. The summed E-state index contributed by atoms with van der Waals surface area (Å²) >= 11 is 0. The van der Waals surface area contributed by atoms with Crippen LogP contribution in [0.5, 0.6) is 0 Å². The van der Waals surface area contributed by atoms with Crippen molar-refractivity contribution in [1.82, 2.24) is 5.32 Å². The normalized spacial score (nSPS) is 27.4. The lowest BCUT2D eigenvalue weighted by molar-refractivity contribution is 0.133. The molecule has 1 rings (SSSR count). The zero-order chi connectivity index (χ0) is 12.7. The van der Waals surface area contributed by atoms with Gasteiger partial charge in [0.05, 0.1) is 0 Å². The Morgan fingerprint density at radius 2 is 1.65 bits per heavy atom. The molecule has 1 nitrogen and oxygen atoms in total. The predicted molar refractivity (Wildman–Crippen MR) is 77.3 cm³/mol. The van der Waals surface area contributed by atoms with E-state index in [1.807, 2.05) is 0 Å². The van der Waals surface area contributed by atoms with Gasteiger partial charge < -0.3 is 5.32 Å². The van der Waals surface area contributed by atoms with Gasteiger partial charge in [0.2, 0.25) is 0 Å². The van der Waals surface area contributed by atoms with Crippen molar-refractivity contribution in [3.8, 4) is 0 Å². The minimum Gasteiger partial charge on any atom is -0.314 e. The van der Waals surface area contributed by atoms with Gasteiger partial charge in [0.25, 0.3) is 0 Å². The Balaban J connectivity index is 2.71. The summed E-state index contributed by atoms with van der Waals surface area (Å²) in [6.07, 6.45) is 9.92. The van der Waals surface area contributed by atoms with E-state index in [4.69, 9.17) is 0 Å². The molecule has 0 aromatic carbocycles. The van der Waals surface area contributed by atoms with Crippen LogP contribution < -0.4 is 5.32 Å². The van der Waals surface area contributed by atoms with Gasteiger partial charge in [-0.25, -0.2) is 0 Å². The molecule has 17 heavy (non-hydrogen) atoms. The minimum atomic E-state index is 0.778. The second kappa shape index (κ2) is 8.13. The Morgan fingerprint density at radius 3 is 2.18 bits per heavy atom. The minimum absolute atomic E-state index is 0.778. The molecule has 0 aliphatic heterocycles. The fourth-order valence-corrected chi connectivity index (χ4v) is 3.92. The first-order chi connectivity index (χ1) is 8.28. The van der Waals surface area contributed by atoms with Crippen molar-refractivity contribution in [1.29, 1.82) is 0 Å². The van der Waals surface area contributed by atoms with Gasteiger partial charge in [-0.05, 0) is 30.7 Å². The van der Waals surface area contributed by atoms with E-state index >= 15 is 0 Å². The summed E-state index contributed by atoms with van der Waals surface area (Å²) in [6, 6.07) is 0.778. The van der Waals surface area contributed by atoms with Crippen LogP contribution >= 0.6 is 0 Å². The van der Waals surface area contributed by atoms with Crippen LogP contribution in [0.2, 0.25) is 0 Å². The molecule has 3 unspecified atom stereocenters. The molecule has 1 saturated carbocycles. The van der Waals surface area contributed by atoms with Crippen LogP contribution in [-0.4, -0.2) is 12.6 Å². The van der Waals surface area contributed by atoms with Crippen molar-refractivity contribution in [3.63, 3.8) is 0 Å². The number of hydrogen-bond donors (Lipinski definition) is 1. The van der Waals surface area contributed by atoms with Gasteiger partial charge in [-0.2, -0.15) is 0 Å². The topological polar surface area (TPSA) is 12.0 Å². The molecule has 1 aliphatic rings. The summed E-state index contributed by atoms with van der Waals surface area (Å²) in [5, 5.41) is 3.82. The smallest absolute Gasteiger partial charge is 0.0126 e. The van der Waals surface area contributed by atoms with Crippen molar-refractivity contribution in [2.24, 2.45) is 17.8 Å². The summed E-state index contributed by atoms with van der Waals surface area (Å²) in [5.41, 5.74) is 0. The molecular formula is C16H33N. The van der Waals surface area contributed by atoms with Crippen molar-refractivity contribution < 1.29 is 0 Å². The van der Waals surface area contributed by atoms with Crippen LogP contribution in [0, 0.1) is 17.8 Å². The Hall–Kier alpha value is -0.0400. The van der Waals surface area contributed by atoms with Gasteiger partial charge in [0.1, 0.15) is 0 Å². The Morgan fingerprint density at radius 1 is 1.00 bits per heavy atom. The molecule has 0 heterocycles. The third-order valence-corrected chi connectivity index (χ3v) is 4.95. The summed E-state index contributed by atoms with van der Waals surface area (Å²) in [5.74, 6) is 2.80. The van der Waals surface area contributed by atoms with Gasteiger partial charge in [-0.15, -0.1) is 0 Å². The summed E-state index contributed by atoms with van der Waals surface area (Å²) in [4.78, 5) is 0. The average Bonchev–Trinajstić information content (AvgIpc) is 2.39. The molecule has 0 bridgehead atoms. The summed E-state index contributed by atoms with van der Waals surface area (Å²) in [6.45, 7) is 10.5. The van der Waals surface area contributed by atoms with Gasteiger partial charge in [0.15, 0.2) is 0 Å². The Labute approximate surface area is 109 Å². The molecule has 1 heteroatoms. The first-order valence-electron chi connectivity index (χ1n) is 8.01. The largest absolute Gasteiger partial charge is 0.314 e. The zero-order valence-corrected chi connectivity index (χ0v) is 12.5. The molecule has 3 atom stereocenters. The van der Waals surface area contributed by atoms with Crippen LogP contribution in [0.25, 0.3) is 0 Å². The lowest BCUT2D eigenvalue weighted by Gasteiger charge is -2.41. The molecule has 0 amide bonds. The molecule has 1 fully saturated rings. The van der Waals surface area contributed by atoms with E-state index in [1.54, 1.807) is 0 Å². The van der Waals surface area contributed by atoms with Crippen molar-refractivity contribution >= 4 is 0 Å². The van der Waals surface area contributed by atoms with Gasteiger partial charge in [-0.3, -0.25) is 0 Å². The highest BCUT2D eigenvalue weighted by atomic mass is 14.9. The van der Waals surface area contributed by atoms with Crippen LogP contribution in [0.1, 0.15) is 72.6 Å². The molecule has 0 aromatic rings. The highest BCUT2D eigenvalue weighted by molar-refractivity contribution is 4.88. The fourth-order valence-electron chi connectivity index (χ4n) is 3.92. The van der Waals surface area contributed by atoms with Crippen LogP contribution in [-0.2, 0) is 0 Å². The van der Waals surface area contributed by atoms with Crippen LogP contribution in [0.15, 0.2) is 0 Å². The van der Waals surface area contributed by atoms with Crippen molar-refractivity contribution in [2.75, 3.05) is 6.54 Å². The highest BCUT2D eigenvalue weighted by Gasteiger charge is 2.33. The molecule has 1 N–H and O–H groups in total. The Kier molecular flexibility index (Phi) is 7.18. The summed E-state index contributed by atoms with van der Waals surface area (Å²) in [7, 11) is 0. The second-order valence-corrected chi connectivity index (χ2v) is 5.78. The van der Waals surface area contributed by atoms with Gasteiger partial charge in [-0.1, -0.05) is 66.2 Å². The van der Waals surface area contributed by atoms with Crippen molar-refractivity contribution in [2.45, 2.75) is 78.7 Å². The number of nitrogens with one attached hydrogen (secondary N) is 1. The maximum absolute atomic E-state index is 3.82. The van der Waals surface area contributed by atoms with Crippen molar-refractivity contribution in [3.05, 3.63) is 0 Å². The molecule has 1 aliphatic carbocycles. The average molecular weight is 239 g/mol. The van der Waals surface area contributed by atoms with E-state index in [2.05, 4.69) is 33.0 Å². The fraction of sp³-hybridized carbons (Fsp3) is 1.00. The van der Waals surface area contributed by atoms with Crippen LogP contribution in [0.4, 0.5) is 0 Å². The van der Waals surface area contributed by atoms with E-state index < -0.39 is 0 Å². The maximum atomic E-state index is 3.82. The van der Waals surface area contributed by atoms with E-state index in [1.165, 1.54) is 44.9 Å². The third-order valence-electron chi connectivity index (χ3n) is 4.95. The Bertz CT molecular complexity index is 186. The monoisotopic (exact) mass is 239 g/mol. The van der Waals surface area contributed by atoms with Gasteiger partial charge >= 0.3 is 0 Å². The predicted octanol–water partition coefficient (Wildman–Crippen LogP) is 4.62. The SMILES string of the molecule is CCNC(C(CC)CC)C1CCCCC1CC. The lowest BCUT2D eigenvalue weighted by Crippen LogP contribution is -2.45. The quantitative estimate of drug-likeness (QED) is 0.683. The molecule has 0 saturated heterocycles. The lowest BCUT2D eigenvalue weighted by atomic mass is 9.70. The first-order valence-corrected chi connectivity index (χ1v) is 8.01. The molecule has 0 spiro atoms. The molecular weight excluding hydrogens is 206 g/mol. The van der Waals surface area contributed by atoms with E-state index in [9.17, 15) is 0 Å². The second-order valence-electron chi connectivity index (χ2n) is 5.78. The third kappa shape index (κ3) is 3.98. The summed E-state index contributed by atoms with van der Waals surface area (Å²) < 4.78 is 0. The molecule has 0 radical (unpaired) electrons. The molecule has 0 aromatic heterocycles. The molecule has 102 valence electrons. The van der Waals surface area contributed by atoms with Crippen LogP contribution in [0.3, 0.4) is 0 Å². The number of hydrogen-bond acceptors (Lipinski definition) is 1. The van der Waals surface area contributed by atoms with E-state index in [0.717, 1.165) is 30.3 Å². The number of rotatable bonds is 7. The standard InChI is InChI=1S/C16H33N/c1-5-13(6-2)16(17-8-4)15-12-10-9-11-14(15)7-3/h13-17H,5-12H2,1-4H3. The van der Waals surface area contributed by atoms with E-state index in [-0.39, 0.29) is 0 Å². The van der Waals surface area contributed by atoms with Gasteiger partial charge in [0, 0.05) is 6.04 Å².